The first-order chi connectivity index (χ1) is 14.0. The van der Waals surface area contributed by atoms with E-state index in [2.05, 4.69) is 19.9 Å². The molecule has 10 nitrogen and oxygen atoms in total. The van der Waals surface area contributed by atoms with E-state index >= 15 is 0 Å². The molecule has 4 rings (SSSR count). The summed E-state index contributed by atoms with van der Waals surface area (Å²) in [5, 5.41) is 12.0. The van der Waals surface area contributed by atoms with Crippen molar-refractivity contribution in [1.29, 1.82) is 0 Å². The summed E-state index contributed by atoms with van der Waals surface area (Å²) >= 11 is 0. The number of nitro groups is 1. The van der Waals surface area contributed by atoms with Crippen LogP contribution in [-0.2, 0) is 4.74 Å². The van der Waals surface area contributed by atoms with E-state index in [0.717, 1.165) is 18.9 Å². The van der Waals surface area contributed by atoms with Crippen LogP contribution in [-0.4, -0.2) is 71.4 Å². The largest absolute Gasteiger partial charge is 0.372 e. The number of aromatic nitrogens is 3. The van der Waals surface area contributed by atoms with Crippen molar-refractivity contribution in [3.63, 3.8) is 0 Å². The van der Waals surface area contributed by atoms with E-state index < -0.39 is 0 Å². The summed E-state index contributed by atoms with van der Waals surface area (Å²) in [5.74, 6) is 1.67. The third-order valence-corrected chi connectivity index (χ3v) is 5.24. The number of anilines is 3. The molecule has 2 atom stereocenters. The molecule has 2 aromatic heterocycles. The Hall–Kier alpha value is -3.01. The van der Waals surface area contributed by atoms with Gasteiger partial charge in [-0.05, 0) is 26.0 Å². The van der Waals surface area contributed by atoms with Crippen molar-refractivity contribution in [2.45, 2.75) is 26.1 Å². The fourth-order valence-corrected chi connectivity index (χ4v) is 4.03. The van der Waals surface area contributed by atoms with Crippen LogP contribution in [0.1, 0.15) is 13.8 Å². The highest BCUT2D eigenvalue weighted by molar-refractivity contribution is 5.71. The maximum atomic E-state index is 12.0. The molecular formula is C19H25N7O3. The van der Waals surface area contributed by atoms with Gasteiger partial charge in [-0.15, -0.1) is 0 Å². The van der Waals surface area contributed by atoms with Gasteiger partial charge in [0.15, 0.2) is 0 Å². The molecule has 0 aliphatic carbocycles. The summed E-state index contributed by atoms with van der Waals surface area (Å²) in [6, 6.07) is 5.82. The van der Waals surface area contributed by atoms with Gasteiger partial charge in [0.1, 0.15) is 12.1 Å². The Morgan fingerprint density at radius 2 is 1.59 bits per heavy atom. The Balaban J connectivity index is 1.57. The topological polar surface area (TPSA) is 101 Å². The zero-order valence-corrected chi connectivity index (χ0v) is 16.6. The minimum absolute atomic E-state index is 0.0151. The van der Waals surface area contributed by atoms with Crippen molar-refractivity contribution in [2.75, 3.05) is 54.0 Å². The Labute approximate surface area is 169 Å². The van der Waals surface area contributed by atoms with Gasteiger partial charge < -0.3 is 19.4 Å². The number of hydrogen-bond acceptors (Lipinski definition) is 9. The average molecular weight is 399 g/mol. The number of morpholine rings is 1. The van der Waals surface area contributed by atoms with Gasteiger partial charge in [0.25, 0.3) is 0 Å². The molecule has 2 aromatic rings. The lowest BCUT2D eigenvalue weighted by atomic mass is 10.2. The SMILES string of the molecule is CC1CN(c2ncnc(N3CCN(c4ccccn4)CC3)c2[N+](=O)[O-])CC(C)O1. The molecule has 2 aliphatic heterocycles. The third kappa shape index (κ3) is 4.07. The molecular weight excluding hydrogens is 374 g/mol. The number of rotatable bonds is 4. The zero-order valence-electron chi connectivity index (χ0n) is 16.6. The summed E-state index contributed by atoms with van der Waals surface area (Å²) < 4.78 is 5.76. The normalized spacial score (nSPS) is 22.6. The van der Waals surface area contributed by atoms with Gasteiger partial charge >= 0.3 is 5.69 Å². The molecule has 0 bridgehead atoms. The number of hydrogen-bond donors (Lipinski definition) is 0. The average Bonchev–Trinajstić information content (AvgIpc) is 2.73. The van der Waals surface area contributed by atoms with Crippen molar-refractivity contribution < 1.29 is 9.66 Å². The summed E-state index contributed by atoms with van der Waals surface area (Å²) in [7, 11) is 0. The van der Waals surface area contributed by atoms with Crippen LogP contribution in [0.2, 0.25) is 0 Å². The van der Waals surface area contributed by atoms with Gasteiger partial charge in [0, 0.05) is 45.5 Å². The molecule has 29 heavy (non-hydrogen) atoms. The van der Waals surface area contributed by atoms with E-state index in [4.69, 9.17) is 4.74 Å². The highest BCUT2D eigenvalue weighted by Gasteiger charge is 2.34. The molecule has 0 amide bonds. The van der Waals surface area contributed by atoms with Gasteiger partial charge in [0.2, 0.25) is 11.6 Å². The zero-order chi connectivity index (χ0) is 20.4. The van der Waals surface area contributed by atoms with E-state index in [-0.39, 0.29) is 22.8 Å². The first-order valence-electron chi connectivity index (χ1n) is 9.83. The Bertz CT molecular complexity index is 848. The molecule has 2 fully saturated rings. The molecule has 0 saturated carbocycles. The van der Waals surface area contributed by atoms with Crippen molar-refractivity contribution in [2.24, 2.45) is 0 Å². The molecule has 0 spiro atoms. The Kier molecular flexibility index (Phi) is 5.43. The molecule has 0 N–H and O–H groups in total. The van der Waals surface area contributed by atoms with E-state index in [1.54, 1.807) is 6.20 Å². The van der Waals surface area contributed by atoms with Crippen molar-refractivity contribution in [3.8, 4) is 0 Å². The first kappa shape index (κ1) is 19.3. The van der Waals surface area contributed by atoms with E-state index in [0.29, 0.717) is 37.8 Å². The summed E-state index contributed by atoms with van der Waals surface area (Å²) in [6.45, 7) is 7.76. The van der Waals surface area contributed by atoms with Gasteiger partial charge in [-0.3, -0.25) is 10.1 Å². The maximum Gasteiger partial charge on any atom is 0.353 e. The monoisotopic (exact) mass is 399 g/mol. The number of pyridine rings is 1. The van der Waals surface area contributed by atoms with Gasteiger partial charge in [-0.1, -0.05) is 6.07 Å². The molecule has 0 radical (unpaired) electrons. The Morgan fingerprint density at radius 3 is 2.17 bits per heavy atom. The Morgan fingerprint density at radius 1 is 0.966 bits per heavy atom. The van der Waals surface area contributed by atoms with Crippen LogP contribution in [0.4, 0.5) is 23.1 Å². The summed E-state index contributed by atoms with van der Waals surface area (Å²) in [4.78, 5) is 30.7. The number of piperazine rings is 1. The van der Waals surface area contributed by atoms with Crippen LogP contribution >= 0.6 is 0 Å². The fraction of sp³-hybridized carbons (Fsp3) is 0.526. The minimum Gasteiger partial charge on any atom is -0.372 e. The maximum absolute atomic E-state index is 12.0. The lowest BCUT2D eigenvalue weighted by Gasteiger charge is -2.37. The highest BCUT2D eigenvalue weighted by Crippen LogP contribution is 2.36. The van der Waals surface area contributed by atoms with E-state index in [9.17, 15) is 10.1 Å². The minimum atomic E-state index is -0.361. The van der Waals surface area contributed by atoms with Crippen molar-refractivity contribution in [1.82, 2.24) is 15.0 Å². The molecule has 154 valence electrons. The molecule has 2 aliphatic rings. The lowest BCUT2D eigenvalue weighted by Crippen LogP contribution is -2.48. The van der Waals surface area contributed by atoms with Crippen LogP contribution in [0.15, 0.2) is 30.7 Å². The predicted molar refractivity (Wildman–Crippen MR) is 110 cm³/mol. The van der Waals surface area contributed by atoms with E-state index in [1.807, 2.05) is 41.8 Å². The number of ether oxygens (including phenoxy) is 1. The van der Waals surface area contributed by atoms with Crippen molar-refractivity contribution >= 4 is 23.1 Å². The van der Waals surface area contributed by atoms with E-state index in [1.165, 1.54) is 6.33 Å². The first-order valence-corrected chi connectivity index (χ1v) is 9.83. The molecule has 10 heteroatoms. The second-order valence-electron chi connectivity index (χ2n) is 7.45. The highest BCUT2D eigenvalue weighted by atomic mass is 16.6. The lowest BCUT2D eigenvalue weighted by molar-refractivity contribution is -0.383. The second-order valence-corrected chi connectivity index (χ2v) is 7.45. The van der Waals surface area contributed by atoms with Gasteiger partial charge in [-0.2, -0.15) is 0 Å². The van der Waals surface area contributed by atoms with Crippen LogP contribution < -0.4 is 14.7 Å². The smallest absolute Gasteiger partial charge is 0.353 e. The summed E-state index contributed by atoms with van der Waals surface area (Å²) in [6.07, 6.45) is 3.17. The van der Waals surface area contributed by atoms with Crippen LogP contribution in [0.25, 0.3) is 0 Å². The molecule has 2 unspecified atom stereocenters. The molecule has 0 aromatic carbocycles. The van der Waals surface area contributed by atoms with Crippen LogP contribution in [0.5, 0.6) is 0 Å². The van der Waals surface area contributed by atoms with Crippen LogP contribution in [0.3, 0.4) is 0 Å². The molecule has 2 saturated heterocycles. The third-order valence-electron chi connectivity index (χ3n) is 5.24. The second kappa shape index (κ2) is 8.16. The van der Waals surface area contributed by atoms with Gasteiger partial charge in [-0.25, -0.2) is 15.0 Å². The standard InChI is InChI=1S/C19H25N7O3/c1-14-11-25(12-15(2)29-14)19-17(26(27)28)18(21-13-22-19)24-9-7-23(8-10-24)16-5-3-4-6-20-16/h3-6,13-15H,7-12H2,1-2H3. The predicted octanol–water partition coefficient (Wildman–Crippen LogP) is 1.72. The van der Waals surface area contributed by atoms with Crippen LogP contribution in [0, 0.1) is 10.1 Å². The van der Waals surface area contributed by atoms with Gasteiger partial charge in [0.05, 0.1) is 17.1 Å². The molecule has 4 heterocycles. The number of nitrogens with zero attached hydrogens (tertiary/aromatic N) is 7. The van der Waals surface area contributed by atoms with Crippen molar-refractivity contribution in [3.05, 3.63) is 40.8 Å². The summed E-state index contributed by atoms with van der Waals surface area (Å²) in [5.41, 5.74) is -0.0277. The fourth-order valence-electron chi connectivity index (χ4n) is 4.03. The quantitative estimate of drug-likeness (QED) is 0.562.